The second-order valence-corrected chi connectivity index (χ2v) is 9.12. The fraction of sp³-hybridized carbons (Fsp3) is 0.462. The SMILES string of the molecule is CCCN1CCC(N(C(=O)c2ccc(NC(=O)c3ccc(C(F)(F)F)cc3)cc2)C2CC2)CC1. The van der Waals surface area contributed by atoms with Crippen LogP contribution in [0.2, 0.25) is 0 Å². The molecule has 2 aromatic carbocycles. The molecule has 2 aromatic rings. The predicted molar refractivity (Wildman–Crippen MR) is 125 cm³/mol. The molecule has 0 radical (unpaired) electrons. The standard InChI is InChI=1S/C26H30F3N3O2/c1-2-15-31-16-13-23(14-17-31)32(22-11-12-22)25(34)19-5-9-21(10-6-19)30-24(33)18-3-7-20(8-4-18)26(27,28)29/h3-10,22-23H,2,11-17H2,1H3,(H,30,33). The third-order valence-electron chi connectivity index (χ3n) is 6.53. The summed E-state index contributed by atoms with van der Waals surface area (Å²) in [6.07, 6.45) is 0.757. The Morgan fingerprint density at radius 1 is 0.912 bits per heavy atom. The van der Waals surface area contributed by atoms with Crippen molar-refractivity contribution in [1.29, 1.82) is 0 Å². The summed E-state index contributed by atoms with van der Waals surface area (Å²) >= 11 is 0. The number of likely N-dealkylation sites (tertiary alicyclic amines) is 1. The molecule has 0 aromatic heterocycles. The molecule has 1 saturated heterocycles. The first kappa shape index (κ1) is 24.3. The molecule has 5 nitrogen and oxygen atoms in total. The number of carbonyl (C=O) groups is 2. The van der Waals surface area contributed by atoms with Crippen molar-refractivity contribution >= 4 is 17.5 Å². The van der Waals surface area contributed by atoms with Gasteiger partial charge in [0.05, 0.1) is 5.56 Å². The largest absolute Gasteiger partial charge is 0.416 e. The number of alkyl halides is 3. The molecule has 2 amide bonds. The molecule has 1 heterocycles. The van der Waals surface area contributed by atoms with Gasteiger partial charge >= 0.3 is 6.18 Å². The van der Waals surface area contributed by atoms with Crippen LogP contribution in [-0.2, 0) is 6.18 Å². The van der Waals surface area contributed by atoms with E-state index >= 15 is 0 Å². The van der Waals surface area contributed by atoms with E-state index in [2.05, 4.69) is 22.0 Å². The summed E-state index contributed by atoms with van der Waals surface area (Å²) in [6.45, 7) is 5.32. The van der Waals surface area contributed by atoms with Crippen molar-refractivity contribution in [2.75, 3.05) is 25.0 Å². The summed E-state index contributed by atoms with van der Waals surface area (Å²) < 4.78 is 38.1. The van der Waals surface area contributed by atoms with E-state index in [-0.39, 0.29) is 17.5 Å². The van der Waals surface area contributed by atoms with Gasteiger partial charge in [-0.1, -0.05) is 6.92 Å². The zero-order valence-electron chi connectivity index (χ0n) is 19.3. The molecule has 8 heteroatoms. The minimum atomic E-state index is -4.45. The summed E-state index contributed by atoms with van der Waals surface area (Å²) in [5.41, 5.74) is 0.383. The van der Waals surface area contributed by atoms with Crippen LogP contribution in [0.5, 0.6) is 0 Å². The van der Waals surface area contributed by atoms with Crippen molar-refractivity contribution in [1.82, 2.24) is 9.80 Å². The van der Waals surface area contributed by atoms with Crippen LogP contribution in [0.15, 0.2) is 48.5 Å². The van der Waals surface area contributed by atoms with E-state index in [0.29, 0.717) is 17.3 Å². The molecule has 0 unspecified atom stereocenters. The Bertz CT molecular complexity index is 993. The van der Waals surface area contributed by atoms with E-state index < -0.39 is 17.6 Å². The molecule has 34 heavy (non-hydrogen) atoms. The number of nitrogens with zero attached hydrogens (tertiary/aromatic N) is 2. The van der Waals surface area contributed by atoms with Crippen molar-refractivity contribution in [3.8, 4) is 0 Å². The number of piperidine rings is 1. The lowest BCUT2D eigenvalue weighted by Gasteiger charge is -2.39. The van der Waals surface area contributed by atoms with Crippen molar-refractivity contribution in [2.24, 2.45) is 0 Å². The van der Waals surface area contributed by atoms with E-state index in [1.54, 1.807) is 24.3 Å². The molecule has 1 aliphatic heterocycles. The van der Waals surface area contributed by atoms with Gasteiger partial charge in [-0.05, 0) is 87.2 Å². The molecule has 4 rings (SSSR count). The second-order valence-electron chi connectivity index (χ2n) is 9.12. The smallest absolute Gasteiger partial charge is 0.333 e. The lowest BCUT2D eigenvalue weighted by atomic mass is 10.0. The van der Waals surface area contributed by atoms with Crippen LogP contribution in [0.4, 0.5) is 18.9 Å². The maximum atomic E-state index is 13.3. The summed E-state index contributed by atoms with van der Waals surface area (Å²) in [4.78, 5) is 30.3. The quantitative estimate of drug-likeness (QED) is 0.583. The highest BCUT2D eigenvalue weighted by Crippen LogP contribution is 2.33. The van der Waals surface area contributed by atoms with Gasteiger partial charge in [-0.15, -0.1) is 0 Å². The molecule has 0 atom stereocenters. The van der Waals surface area contributed by atoms with Crippen LogP contribution < -0.4 is 5.32 Å². The van der Waals surface area contributed by atoms with E-state index in [0.717, 1.165) is 76.0 Å². The highest BCUT2D eigenvalue weighted by atomic mass is 19.4. The minimum Gasteiger partial charge on any atom is -0.333 e. The summed E-state index contributed by atoms with van der Waals surface area (Å²) in [5.74, 6) is -0.483. The van der Waals surface area contributed by atoms with Crippen LogP contribution in [-0.4, -0.2) is 53.3 Å². The van der Waals surface area contributed by atoms with Crippen molar-refractivity contribution in [3.63, 3.8) is 0 Å². The molecule has 1 saturated carbocycles. The molecule has 2 fully saturated rings. The van der Waals surface area contributed by atoms with Gasteiger partial charge in [0, 0.05) is 42.0 Å². The Labute approximate surface area is 197 Å². The van der Waals surface area contributed by atoms with E-state index in [1.165, 1.54) is 0 Å². The Kier molecular flexibility index (Phi) is 7.26. The molecule has 2 aliphatic rings. The van der Waals surface area contributed by atoms with Crippen LogP contribution >= 0.6 is 0 Å². The van der Waals surface area contributed by atoms with E-state index in [1.807, 2.05) is 0 Å². The maximum absolute atomic E-state index is 13.3. The third-order valence-corrected chi connectivity index (χ3v) is 6.53. The zero-order valence-corrected chi connectivity index (χ0v) is 19.3. The summed E-state index contributed by atoms with van der Waals surface area (Å²) in [5, 5.41) is 2.68. The topological polar surface area (TPSA) is 52.6 Å². The second kappa shape index (κ2) is 10.2. The van der Waals surface area contributed by atoms with Gasteiger partial charge in [-0.3, -0.25) is 9.59 Å². The number of hydrogen-bond acceptors (Lipinski definition) is 3. The fourth-order valence-electron chi connectivity index (χ4n) is 4.58. The zero-order chi connectivity index (χ0) is 24.3. The molecule has 0 spiro atoms. The number of halogens is 3. The van der Waals surface area contributed by atoms with Crippen molar-refractivity contribution < 1.29 is 22.8 Å². The first-order valence-corrected chi connectivity index (χ1v) is 11.9. The molecule has 0 bridgehead atoms. The van der Waals surface area contributed by atoms with Gasteiger partial charge in [0.1, 0.15) is 0 Å². The highest BCUT2D eigenvalue weighted by molar-refractivity contribution is 6.04. The van der Waals surface area contributed by atoms with E-state index in [9.17, 15) is 22.8 Å². The minimum absolute atomic E-state index is 0.0251. The molecule has 182 valence electrons. The van der Waals surface area contributed by atoms with Crippen molar-refractivity contribution in [3.05, 3.63) is 65.2 Å². The Morgan fingerprint density at radius 3 is 2.00 bits per heavy atom. The fourth-order valence-corrected chi connectivity index (χ4v) is 4.58. The summed E-state index contributed by atoms with van der Waals surface area (Å²) in [6, 6.07) is 11.4. The summed E-state index contributed by atoms with van der Waals surface area (Å²) in [7, 11) is 0. The Balaban J connectivity index is 1.38. The molecule has 1 aliphatic carbocycles. The lowest BCUT2D eigenvalue weighted by Crippen LogP contribution is -2.48. The lowest BCUT2D eigenvalue weighted by molar-refractivity contribution is -0.137. The Morgan fingerprint density at radius 2 is 1.47 bits per heavy atom. The average Bonchev–Trinajstić information content (AvgIpc) is 3.65. The average molecular weight is 474 g/mol. The maximum Gasteiger partial charge on any atom is 0.416 e. The van der Waals surface area contributed by atoms with E-state index in [4.69, 9.17) is 0 Å². The van der Waals surface area contributed by atoms with Crippen LogP contribution in [0.3, 0.4) is 0 Å². The van der Waals surface area contributed by atoms with Gasteiger partial charge in [-0.2, -0.15) is 13.2 Å². The molecular formula is C26H30F3N3O2. The molecular weight excluding hydrogens is 443 g/mol. The Hall–Kier alpha value is -2.87. The first-order chi connectivity index (χ1) is 16.3. The van der Waals surface area contributed by atoms with Crippen LogP contribution in [0.1, 0.15) is 65.3 Å². The highest BCUT2D eigenvalue weighted by Gasteiger charge is 2.38. The van der Waals surface area contributed by atoms with Crippen LogP contribution in [0, 0.1) is 0 Å². The number of rotatable bonds is 7. The van der Waals surface area contributed by atoms with Gasteiger partial charge in [0.2, 0.25) is 0 Å². The number of benzene rings is 2. The number of amides is 2. The van der Waals surface area contributed by atoms with Gasteiger partial charge in [0.15, 0.2) is 0 Å². The predicted octanol–water partition coefficient (Wildman–Crippen LogP) is 5.44. The first-order valence-electron chi connectivity index (χ1n) is 11.9. The van der Waals surface area contributed by atoms with Crippen molar-refractivity contribution in [2.45, 2.75) is 57.3 Å². The van der Waals surface area contributed by atoms with Gasteiger partial charge in [0.25, 0.3) is 11.8 Å². The number of anilines is 1. The van der Waals surface area contributed by atoms with Gasteiger partial charge in [-0.25, -0.2) is 0 Å². The number of nitrogens with one attached hydrogen (secondary N) is 1. The number of hydrogen-bond donors (Lipinski definition) is 1. The number of carbonyl (C=O) groups excluding carboxylic acids is 2. The monoisotopic (exact) mass is 473 g/mol. The molecule has 1 N–H and O–H groups in total. The normalized spacial score (nSPS) is 17.4. The third kappa shape index (κ3) is 5.78. The van der Waals surface area contributed by atoms with Gasteiger partial charge < -0.3 is 15.1 Å². The van der Waals surface area contributed by atoms with Crippen LogP contribution in [0.25, 0.3) is 0 Å².